The molecule has 7 nitrogen and oxygen atoms in total. The number of rotatable bonds is 11. The molecule has 2 amide bonds. The number of sulfonamides is 1. The molecular formula is C32H37Cl2N3O4S. The number of hydrogen-bond acceptors (Lipinski definition) is 4. The van der Waals surface area contributed by atoms with Gasteiger partial charge in [0, 0.05) is 22.6 Å². The summed E-state index contributed by atoms with van der Waals surface area (Å²) in [7, 11) is -4.16. The van der Waals surface area contributed by atoms with Crippen LogP contribution in [-0.2, 0) is 26.2 Å². The van der Waals surface area contributed by atoms with Gasteiger partial charge in [0.2, 0.25) is 11.8 Å². The molecule has 224 valence electrons. The molecule has 1 fully saturated rings. The summed E-state index contributed by atoms with van der Waals surface area (Å²) >= 11 is 12.5. The SMILES string of the molecule is CC[C@H](C(=O)NC1CCCCC1)N(Cc1ccc(Cl)cc1)C(=O)CN(c1ccc(C)c(Cl)c1)S(=O)(=O)c1ccccc1. The fourth-order valence-corrected chi connectivity index (χ4v) is 6.96. The van der Waals surface area contributed by atoms with Crippen molar-refractivity contribution in [3.05, 3.63) is 94.0 Å². The van der Waals surface area contributed by atoms with Gasteiger partial charge in [0.05, 0.1) is 10.6 Å². The van der Waals surface area contributed by atoms with Gasteiger partial charge in [-0.05, 0) is 73.7 Å². The molecule has 3 aromatic carbocycles. The number of carbonyl (C=O) groups excluding carboxylic acids is 2. The molecule has 0 bridgehead atoms. The Kier molecular flexibility index (Phi) is 10.9. The van der Waals surface area contributed by atoms with Crippen LogP contribution in [0.25, 0.3) is 0 Å². The maximum Gasteiger partial charge on any atom is 0.264 e. The lowest BCUT2D eigenvalue weighted by Gasteiger charge is -2.34. The number of nitrogens with one attached hydrogen (secondary N) is 1. The Balaban J connectivity index is 1.71. The predicted molar refractivity (Wildman–Crippen MR) is 168 cm³/mol. The lowest BCUT2D eigenvalue weighted by atomic mass is 9.95. The first-order valence-corrected chi connectivity index (χ1v) is 16.5. The quantitative estimate of drug-likeness (QED) is 0.254. The zero-order valence-corrected chi connectivity index (χ0v) is 26.3. The normalized spacial score (nSPS) is 14.7. The summed E-state index contributed by atoms with van der Waals surface area (Å²) < 4.78 is 28.9. The molecule has 4 rings (SSSR count). The summed E-state index contributed by atoms with van der Waals surface area (Å²) in [6, 6.07) is 19.2. The van der Waals surface area contributed by atoms with Crippen molar-refractivity contribution in [1.82, 2.24) is 10.2 Å². The van der Waals surface area contributed by atoms with E-state index in [2.05, 4.69) is 5.32 Å². The van der Waals surface area contributed by atoms with E-state index in [4.69, 9.17) is 23.2 Å². The van der Waals surface area contributed by atoms with Gasteiger partial charge in [0.15, 0.2) is 0 Å². The molecule has 0 spiro atoms. The van der Waals surface area contributed by atoms with Crippen LogP contribution in [0, 0.1) is 6.92 Å². The number of anilines is 1. The van der Waals surface area contributed by atoms with Crippen LogP contribution in [0.15, 0.2) is 77.7 Å². The minimum atomic E-state index is -4.16. The zero-order valence-electron chi connectivity index (χ0n) is 23.9. The van der Waals surface area contributed by atoms with Crippen LogP contribution in [0.2, 0.25) is 10.0 Å². The third kappa shape index (κ3) is 7.85. The van der Waals surface area contributed by atoms with Crippen molar-refractivity contribution < 1.29 is 18.0 Å². The second kappa shape index (κ2) is 14.4. The van der Waals surface area contributed by atoms with E-state index < -0.39 is 28.5 Å². The Labute approximate surface area is 258 Å². The third-order valence-corrected chi connectivity index (χ3v) is 10.1. The van der Waals surface area contributed by atoms with Crippen molar-refractivity contribution >= 4 is 50.7 Å². The Morgan fingerprint density at radius 1 is 0.952 bits per heavy atom. The average Bonchev–Trinajstić information content (AvgIpc) is 2.99. The van der Waals surface area contributed by atoms with Gasteiger partial charge in [-0.2, -0.15) is 0 Å². The van der Waals surface area contributed by atoms with Gasteiger partial charge in [0.1, 0.15) is 12.6 Å². The maximum absolute atomic E-state index is 14.2. The van der Waals surface area contributed by atoms with Gasteiger partial charge in [-0.3, -0.25) is 13.9 Å². The summed E-state index contributed by atoms with van der Waals surface area (Å²) in [5.41, 5.74) is 1.81. The topological polar surface area (TPSA) is 86.8 Å². The van der Waals surface area contributed by atoms with Crippen LogP contribution in [0.4, 0.5) is 5.69 Å². The fourth-order valence-electron chi connectivity index (χ4n) is 5.24. The predicted octanol–water partition coefficient (Wildman–Crippen LogP) is 6.75. The van der Waals surface area contributed by atoms with Crippen LogP contribution in [-0.4, -0.2) is 43.8 Å². The van der Waals surface area contributed by atoms with E-state index in [1.807, 2.05) is 13.8 Å². The molecule has 1 aliphatic rings. The Bertz CT molecular complexity index is 1480. The molecule has 42 heavy (non-hydrogen) atoms. The van der Waals surface area contributed by atoms with E-state index in [0.717, 1.165) is 47.5 Å². The third-order valence-electron chi connectivity index (χ3n) is 7.66. The molecule has 0 unspecified atom stereocenters. The molecule has 0 aliphatic heterocycles. The van der Waals surface area contributed by atoms with Crippen molar-refractivity contribution in [2.75, 3.05) is 10.8 Å². The Hall–Kier alpha value is -3.07. The van der Waals surface area contributed by atoms with Crippen LogP contribution >= 0.6 is 23.2 Å². The lowest BCUT2D eigenvalue weighted by Crippen LogP contribution is -2.54. The Morgan fingerprint density at radius 3 is 2.24 bits per heavy atom. The largest absolute Gasteiger partial charge is 0.352 e. The first kappa shape index (κ1) is 31.9. The van der Waals surface area contributed by atoms with E-state index >= 15 is 0 Å². The van der Waals surface area contributed by atoms with Gasteiger partial charge in [-0.25, -0.2) is 8.42 Å². The fraction of sp³-hybridized carbons (Fsp3) is 0.375. The second-order valence-corrected chi connectivity index (χ2v) is 13.4. The van der Waals surface area contributed by atoms with Gasteiger partial charge >= 0.3 is 0 Å². The van der Waals surface area contributed by atoms with Crippen LogP contribution in [0.5, 0.6) is 0 Å². The van der Waals surface area contributed by atoms with E-state index in [-0.39, 0.29) is 29.1 Å². The molecule has 0 radical (unpaired) electrons. The van der Waals surface area contributed by atoms with Gasteiger partial charge in [-0.15, -0.1) is 0 Å². The molecule has 0 saturated heterocycles. The number of halogens is 2. The minimum Gasteiger partial charge on any atom is -0.352 e. The smallest absolute Gasteiger partial charge is 0.264 e. The molecule has 0 aromatic heterocycles. The van der Waals surface area contributed by atoms with E-state index in [1.165, 1.54) is 17.0 Å². The highest BCUT2D eigenvalue weighted by atomic mass is 35.5. The Morgan fingerprint density at radius 2 is 1.62 bits per heavy atom. The molecule has 3 aromatic rings. The number of aryl methyl sites for hydroxylation is 1. The molecule has 1 N–H and O–H groups in total. The summed E-state index contributed by atoms with van der Waals surface area (Å²) in [5.74, 6) is -0.741. The van der Waals surface area contributed by atoms with Gasteiger partial charge < -0.3 is 10.2 Å². The summed E-state index contributed by atoms with van der Waals surface area (Å²) in [4.78, 5) is 29.3. The first-order chi connectivity index (χ1) is 20.1. The first-order valence-electron chi connectivity index (χ1n) is 14.3. The van der Waals surface area contributed by atoms with Crippen molar-refractivity contribution in [1.29, 1.82) is 0 Å². The van der Waals surface area contributed by atoms with Crippen molar-refractivity contribution in [3.8, 4) is 0 Å². The van der Waals surface area contributed by atoms with Gasteiger partial charge in [0.25, 0.3) is 10.0 Å². The highest BCUT2D eigenvalue weighted by Gasteiger charge is 2.34. The molecule has 0 heterocycles. The number of carbonyl (C=O) groups is 2. The number of hydrogen-bond donors (Lipinski definition) is 1. The lowest BCUT2D eigenvalue weighted by molar-refractivity contribution is -0.140. The molecule has 10 heteroatoms. The summed E-state index contributed by atoms with van der Waals surface area (Å²) in [6.45, 7) is 3.27. The monoisotopic (exact) mass is 629 g/mol. The molecule has 1 saturated carbocycles. The highest BCUT2D eigenvalue weighted by Crippen LogP contribution is 2.29. The average molecular weight is 631 g/mol. The zero-order chi connectivity index (χ0) is 30.3. The molecule has 1 aliphatic carbocycles. The minimum absolute atomic E-state index is 0.0424. The van der Waals surface area contributed by atoms with Crippen molar-refractivity contribution in [3.63, 3.8) is 0 Å². The highest BCUT2D eigenvalue weighted by molar-refractivity contribution is 7.92. The van der Waals surface area contributed by atoms with Gasteiger partial charge in [-0.1, -0.05) is 85.8 Å². The number of nitrogens with zero attached hydrogens (tertiary/aromatic N) is 2. The molecular weight excluding hydrogens is 593 g/mol. The van der Waals surface area contributed by atoms with Crippen molar-refractivity contribution in [2.45, 2.75) is 75.9 Å². The van der Waals surface area contributed by atoms with Crippen molar-refractivity contribution in [2.24, 2.45) is 0 Å². The van der Waals surface area contributed by atoms with Crippen LogP contribution in [0.1, 0.15) is 56.6 Å². The van der Waals surface area contributed by atoms with E-state index in [1.54, 1.807) is 60.7 Å². The van der Waals surface area contributed by atoms with Crippen LogP contribution < -0.4 is 9.62 Å². The summed E-state index contributed by atoms with van der Waals surface area (Å²) in [5, 5.41) is 4.08. The second-order valence-electron chi connectivity index (χ2n) is 10.7. The molecule has 1 atom stereocenters. The number of benzene rings is 3. The number of amides is 2. The standard InChI is InChI=1S/C32H37Cl2N3O4S/c1-3-30(32(39)35-26-10-6-4-7-11-26)36(21-24-15-17-25(33)18-16-24)31(38)22-37(27-19-14-23(2)29(34)20-27)42(40,41)28-12-8-5-9-13-28/h5,8-9,12-20,26,30H,3-4,6-7,10-11,21-22H2,1-2H3,(H,35,39)/t30-/m1/s1. The van der Waals surface area contributed by atoms with E-state index in [9.17, 15) is 18.0 Å². The van der Waals surface area contributed by atoms with Crippen LogP contribution in [0.3, 0.4) is 0 Å². The maximum atomic E-state index is 14.2. The van der Waals surface area contributed by atoms with E-state index in [0.29, 0.717) is 16.5 Å². The summed E-state index contributed by atoms with van der Waals surface area (Å²) in [6.07, 6.45) is 5.44.